The van der Waals surface area contributed by atoms with Crippen molar-refractivity contribution in [3.63, 3.8) is 0 Å². The normalized spacial score (nSPS) is 43.8. The van der Waals surface area contributed by atoms with Gasteiger partial charge in [-0.05, 0) is 0 Å². The first kappa shape index (κ1) is 20.4. The van der Waals surface area contributed by atoms with E-state index in [-0.39, 0.29) is 17.3 Å². The summed E-state index contributed by atoms with van der Waals surface area (Å²) in [5.41, 5.74) is 5.64. The maximum absolute atomic E-state index is 14.0. The van der Waals surface area contributed by atoms with E-state index >= 15 is 0 Å². The highest BCUT2D eigenvalue weighted by Gasteiger charge is 2.66. The molecular weight excluding hydrogens is 397 g/mol. The fourth-order valence-electron chi connectivity index (χ4n) is 4.02. The van der Waals surface area contributed by atoms with Gasteiger partial charge in [-0.15, -0.1) is 4.98 Å². The molecule has 3 aliphatic rings. The maximum atomic E-state index is 14.0. The molecule has 0 radical (unpaired) electrons. The first-order chi connectivity index (χ1) is 13.8. The number of hydrogen-bond acceptors (Lipinski definition) is 12. The van der Waals surface area contributed by atoms with Gasteiger partial charge < -0.3 is 45.8 Å². The molecule has 14 heteroatoms. The molecule has 13 nitrogen and oxygen atoms in total. The summed E-state index contributed by atoms with van der Waals surface area (Å²) in [5.74, 6) is -0.582. The van der Waals surface area contributed by atoms with E-state index in [0.717, 1.165) is 6.34 Å². The van der Waals surface area contributed by atoms with Gasteiger partial charge in [-0.25, -0.2) is 0 Å². The van der Waals surface area contributed by atoms with Gasteiger partial charge >= 0.3 is 6.08 Å². The molecule has 1 aromatic heterocycles. The van der Waals surface area contributed by atoms with Crippen LogP contribution in [0.2, 0.25) is 0 Å². The molecular formula is C15H21FN5O8+. The highest BCUT2D eigenvalue weighted by molar-refractivity contribution is 5.91. The van der Waals surface area contributed by atoms with Crippen LogP contribution in [0, 0.1) is 6.08 Å². The van der Waals surface area contributed by atoms with Gasteiger partial charge in [0.25, 0.3) is 5.82 Å². The third-order valence-electron chi connectivity index (χ3n) is 5.49. The average molecular weight is 418 g/mol. The molecule has 8 N–H and O–H groups in total. The topological polar surface area (TPSA) is 204 Å². The van der Waals surface area contributed by atoms with Crippen LogP contribution >= 0.6 is 0 Å². The molecule has 2 fully saturated rings. The molecule has 4 heterocycles. The van der Waals surface area contributed by atoms with E-state index < -0.39 is 72.9 Å². The molecule has 3 aliphatic heterocycles. The predicted molar refractivity (Wildman–Crippen MR) is 91.9 cm³/mol. The summed E-state index contributed by atoms with van der Waals surface area (Å²) < 4.78 is 24.3. The highest BCUT2D eigenvalue weighted by atomic mass is 19.1. The monoisotopic (exact) mass is 418 g/mol. The average Bonchev–Trinajstić information content (AvgIpc) is 3.30. The van der Waals surface area contributed by atoms with E-state index in [4.69, 9.17) is 15.2 Å². The van der Waals surface area contributed by atoms with Crippen LogP contribution in [0.5, 0.6) is 0 Å². The number of fused-ring (bicyclic) bond motifs is 1. The van der Waals surface area contributed by atoms with Crippen molar-refractivity contribution >= 4 is 23.7 Å². The molecule has 0 saturated carbocycles. The Hall–Kier alpha value is -1.88. The predicted octanol–water partition coefficient (Wildman–Crippen LogP) is -3.94. The number of aliphatic hydroxyl groups excluding tert-OH is 6. The van der Waals surface area contributed by atoms with Crippen LogP contribution in [0.4, 0.5) is 21.7 Å². The lowest BCUT2D eigenvalue weighted by atomic mass is 10.1. The third kappa shape index (κ3) is 2.77. The molecule has 1 unspecified atom stereocenters. The minimum absolute atomic E-state index is 0.0816. The number of halogens is 1. The standard InChI is InChI=1S/C15H21FN5O8/c16-15-19-11(17)6-12(20-15)21(3-18-6,13-9(26)7(24)4(1-22)28-13)14-10(27)8(25)5(2-23)29-14/h3-5,7-10,13-14,22-27H,1-2H2,(H2,17,19,20)/q+1/t4-,5-,7-,8-,9-,10+,13-,14-,21?/m1/s1. The van der Waals surface area contributed by atoms with Gasteiger partial charge in [0, 0.05) is 0 Å². The number of aliphatic imine (C=N–C) groups is 1. The molecule has 0 aliphatic carbocycles. The van der Waals surface area contributed by atoms with Crippen LogP contribution in [0.15, 0.2) is 4.99 Å². The number of quaternary nitrogens is 1. The van der Waals surface area contributed by atoms with E-state index in [1.54, 1.807) is 0 Å². The summed E-state index contributed by atoms with van der Waals surface area (Å²) in [6, 6.07) is 0. The SMILES string of the molecule is Nc1nc(F)nc2c1N=C[N+]2([C@@H]1O[C@H](CO)[C@@H](O)[C@H]1O)[C@@H]1O[C@H](CO)[C@@H](O)[C@@H]1O. The second-order valence-corrected chi connectivity index (χ2v) is 7.09. The lowest BCUT2D eigenvalue weighted by molar-refractivity contribution is -0.148. The zero-order valence-electron chi connectivity index (χ0n) is 14.9. The lowest BCUT2D eigenvalue weighted by Crippen LogP contribution is -2.68. The molecule has 9 atom stereocenters. The van der Waals surface area contributed by atoms with Gasteiger partial charge in [-0.2, -0.15) is 18.8 Å². The first-order valence-electron chi connectivity index (χ1n) is 8.78. The number of hydrogen-bond donors (Lipinski definition) is 7. The maximum Gasteiger partial charge on any atom is 0.315 e. The van der Waals surface area contributed by atoms with Crippen LogP contribution in [0.3, 0.4) is 0 Å². The number of anilines is 1. The molecule has 0 spiro atoms. The Bertz CT molecular complexity index is 800. The van der Waals surface area contributed by atoms with Crippen molar-refractivity contribution in [1.29, 1.82) is 0 Å². The van der Waals surface area contributed by atoms with Gasteiger partial charge in [0.05, 0.1) is 13.2 Å². The number of aliphatic hydroxyl groups is 6. The van der Waals surface area contributed by atoms with Crippen molar-refractivity contribution in [2.45, 2.75) is 49.1 Å². The van der Waals surface area contributed by atoms with E-state index in [1.165, 1.54) is 0 Å². The first-order valence-corrected chi connectivity index (χ1v) is 8.78. The van der Waals surface area contributed by atoms with Gasteiger partial charge in [-0.3, -0.25) is 0 Å². The molecule has 29 heavy (non-hydrogen) atoms. The zero-order chi connectivity index (χ0) is 21.1. The van der Waals surface area contributed by atoms with Crippen molar-refractivity contribution in [1.82, 2.24) is 14.5 Å². The summed E-state index contributed by atoms with van der Waals surface area (Å²) in [5, 5.41) is 60.5. The second-order valence-electron chi connectivity index (χ2n) is 7.09. The Balaban J connectivity index is 1.89. The van der Waals surface area contributed by atoms with Crippen LogP contribution in [0.1, 0.15) is 0 Å². The van der Waals surface area contributed by atoms with Crippen LogP contribution in [0.25, 0.3) is 0 Å². The van der Waals surface area contributed by atoms with Crippen LogP contribution in [-0.2, 0) is 9.47 Å². The van der Waals surface area contributed by atoms with E-state index in [2.05, 4.69) is 15.0 Å². The molecule has 1 aromatic rings. The molecule has 0 bridgehead atoms. The summed E-state index contributed by atoms with van der Waals surface area (Å²) in [6.07, 6.45) is -11.8. The fraction of sp³-hybridized carbons (Fsp3) is 0.667. The second kappa shape index (κ2) is 7.12. The Morgan fingerprint density at radius 3 is 1.90 bits per heavy atom. The molecule has 160 valence electrons. The molecule has 2 saturated heterocycles. The summed E-state index contributed by atoms with van der Waals surface area (Å²) in [4.78, 5) is 11.1. The Morgan fingerprint density at radius 2 is 1.45 bits per heavy atom. The number of nitrogens with two attached hydrogens (primary N) is 1. The van der Waals surface area contributed by atoms with E-state index in [0.29, 0.717) is 0 Å². The van der Waals surface area contributed by atoms with E-state index in [9.17, 15) is 35.0 Å². The largest absolute Gasteiger partial charge is 0.394 e. The van der Waals surface area contributed by atoms with Gasteiger partial charge in [0.15, 0.2) is 23.7 Å². The van der Waals surface area contributed by atoms with Gasteiger partial charge in [0.2, 0.25) is 18.8 Å². The number of ether oxygens (including phenoxy) is 2. The smallest absolute Gasteiger partial charge is 0.315 e. The summed E-state index contributed by atoms with van der Waals surface area (Å²) >= 11 is 0. The van der Waals surface area contributed by atoms with Crippen molar-refractivity contribution in [3.05, 3.63) is 6.08 Å². The molecule has 4 rings (SSSR count). The summed E-state index contributed by atoms with van der Waals surface area (Å²) in [7, 11) is 0. The van der Waals surface area contributed by atoms with Gasteiger partial charge in [0.1, 0.15) is 24.4 Å². The minimum Gasteiger partial charge on any atom is -0.394 e. The number of rotatable bonds is 4. The third-order valence-corrected chi connectivity index (χ3v) is 5.49. The Labute approximate surface area is 162 Å². The summed E-state index contributed by atoms with van der Waals surface area (Å²) in [6.45, 7) is -1.29. The fourth-order valence-corrected chi connectivity index (χ4v) is 4.02. The number of aromatic nitrogens is 2. The van der Waals surface area contributed by atoms with E-state index in [1.807, 2.05) is 0 Å². The molecule has 0 aromatic carbocycles. The number of nitrogen functional groups attached to an aromatic ring is 1. The Kier molecular flexibility index (Phi) is 5.01. The molecule has 0 amide bonds. The number of nitrogens with zero attached hydrogens (tertiary/aromatic N) is 4. The van der Waals surface area contributed by atoms with Crippen LogP contribution < -0.4 is 10.2 Å². The van der Waals surface area contributed by atoms with Crippen molar-refractivity contribution in [2.75, 3.05) is 18.9 Å². The van der Waals surface area contributed by atoms with Crippen LogP contribution in [-0.4, -0.2) is 109 Å². The Morgan fingerprint density at radius 1 is 0.931 bits per heavy atom. The lowest BCUT2D eigenvalue weighted by Gasteiger charge is -2.40. The quantitative estimate of drug-likeness (QED) is 0.186. The van der Waals surface area contributed by atoms with Gasteiger partial charge in [-0.1, -0.05) is 0 Å². The highest BCUT2D eigenvalue weighted by Crippen LogP contribution is 2.48. The van der Waals surface area contributed by atoms with Crippen molar-refractivity contribution in [2.24, 2.45) is 4.99 Å². The van der Waals surface area contributed by atoms with Crippen molar-refractivity contribution in [3.8, 4) is 0 Å². The minimum atomic E-state index is -1.65. The van der Waals surface area contributed by atoms with Crippen molar-refractivity contribution < 1.29 is 44.5 Å². The zero-order valence-corrected chi connectivity index (χ0v) is 14.9.